The van der Waals surface area contributed by atoms with Crippen LogP contribution >= 0.6 is 0 Å². The Balaban J connectivity index is 2.35. The predicted octanol–water partition coefficient (Wildman–Crippen LogP) is 1.08. The molecule has 1 aromatic heterocycles. The summed E-state index contributed by atoms with van der Waals surface area (Å²) in [4.78, 5) is 4.19. The van der Waals surface area contributed by atoms with Gasteiger partial charge < -0.3 is 19.9 Å². The standard InChI is InChI=1S/C14H20N4O3/c1-18-14(16-8-17-18)6-10(15)9-5-12(20-3)13(21-4)7-11(9)19-2/h5,7-8,10H,6,15H2,1-4H3. The summed E-state index contributed by atoms with van der Waals surface area (Å²) in [7, 11) is 6.60. The zero-order chi connectivity index (χ0) is 15.4. The molecule has 7 heteroatoms. The molecule has 21 heavy (non-hydrogen) atoms. The minimum atomic E-state index is -0.289. The van der Waals surface area contributed by atoms with Crippen molar-refractivity contribution in [3.63, 3.8) is 0 Å². The Morgan fingerprint density at radius 3 is 2.24 bits per heavy atom. The van der Waals surface area contributed by atoms with Crippen LogP contribution in [-0.4, -0.2) is 36.1 Å². The highest BCUT2D eigenvalue weighted by Crippen LogP contribution is 2.37. The molecule has 1 unspecified atom stereocenters. The number of ether oxygens (including phenoxy) is 3. The van der Waals surface area contributed by atoms with E-state index in [-0.39, 0.29) is 6.04 Å². The van der Waals surface area contributed by atoms with Gasteiger partial charge >= 0.3 is 0 Å². The molecule has 0 fully saturated rings. The van der Waals surface area contributed by atoms with Crippen LogP contribution in [0.2, 0.25) is 0 Å². The van der Waals surface area contributed by atoms with E-state index < -0.39 is 0 Å². The molecule has 1 heterocycles. The van der Waals surface area contributed by atoms with Crippen LogP contribution in [0.25, 0.3) is 0 Å². The second-order valence-electron chi connectivity index (χ2n) is 4.56. The maximum absolute atomic E-state index is 6.29. The second kappa shape index (κ2) is 6.45. The lowest BCUT2D eigenvalue weighted by Gasteiger charge is -2.18. The number of methoxy groups -OCH3 is 3. The van der Waals surface area contributed by atoms with Crippen molar-refractivity contribution in [1.82, 2.24) is 14.8 Å². The van der Waals surface area contributed by atoms with Crippen LogP contribution in [0.15, 0.2) is 18.5 Å². The first-order valence-electron chi connectivity index (χ1n) is 6.49. The van der Waals surface area contributed by atoms with Crippen LogP contribution in [-0.2, 0) is 13.5 Å². The average molecular weight is 292 g/mol. The number of hydrogen-bond donors (Lipinski definition) is 1. The van der Waals surface area contributed by atoms with Crippen LogP contribution in [0.5, 0.6) is 17.2 Å². The summed E-state index contributed by atoms with van der Waals surface area (Å²) in [5, 5.41) is 4.04. The van der Waals surface area contributed by atoms with E-state index in [1.165, 1.54) is 6.33 Å². The summed E-state index contributed by atoms with van der Waals surface area (Å²) in [6.07, 6.45) is 2.05. The van der Waals surface area contributed by atoms with Crippen LogP contribution in [0.4, 0.5) is 0 Å². The smallest absolute Gasteiger partial charge is 0.164 e. The monoisotopic (exact) mass is 292 g/mol. The van der Waals surface area contributed by atoms with Gasteiger partial charge in [-0.05, 0) is 6.07 Å². The summed E-state index contributed by atoms with van der Waals surface area (Å²) in [6, 6.07) is 3.31. The SMILES string of the molecule is COc1cc(OC)c(C(N)Cc2ncnn2C)cc1OC. The fourth-order valence-electron chi connectivity index (χ4n) is 2.15. The molecule has 0 spiro atoms. The molecule has 2 N–H and O–H groups in total. The Morgan fingerprint density at radius 2 is 1.71 bits per heavy atom. The van der Waals surface area contributed by atoms with Gasteiger partial charge in [-0.15, -0.1) is 0 Å². The van der Waals surface area contributed by atoms with E-state index in [4.69, 9.17) is 19.9 Å². The van der Waals surface area contributed by atoms with Gasteiger partial charge in [-0.2, -0.15) is 5.10 Å². The number of aromatic nitrogens is 3. The number of hydrogen-bond acceptors (Lipinski definition) is 6. The summed E-state index contributed by atoms with van der Waals surface area (Å²) >= 11 is 0. The molecule has 114 valence electrons. The maximum Gasteiger partial charge on any atom is 0.164 e. The van der Waals surface area contributed by atoms with Crippen molar-refractivity contribution >= 4 is 0 Å². The molecule has 2 rings (SSSR count). The number of aryl methyl sites for hydroxylation is 1. The van der Waals surface area contributed by atoms with E-state index in [9.17, 15) is 0 Å². The minimum absolute atomic E-state index is 0.289. The first-order valence-corrected chi connectivity index (χ1v) is 6.49. The van der Waals surface area contributed by atoms with Gasteiger partial charge in [0.05, 0.1) is 21.3 Å². The molecular formula is C14H20N4O3. The molecule has 7 nitrogen and oxygen atoms in total. The van der Waals surface area contributed by atoms with Gasteiger partial charge in [-0.1, -0.05) is 0 Å². The summed E-state index contributed by atoms with van der Waals surface area (Å²) in [6.45, 7) is 0. The van der Waals surface area contributed by atoms with E-state index in [0.717, 1.165) is 11.4 Å². The van der Waals surface area contributed by atoms with E-state index in [0.29, 0.717) is 23.7 Å². The topological polar surface area (TPSA) is 84.4 Å². The Kier molecular flexibility index (Phi) is 4.64. The van der Waals surface area contributed by atoms with Crippen molar-refractivity contribution in [2.24, 2.45) is 12.8 Å². The highest BCUT2D eigenvalue weighted by Gasteiger charge is 2.19. The second-order valence-corrected chi connectivity index (χ2v) is 4.56. The van der Waals surface area contributed by atoms with Crippen molar-refractivity contribution in [3.05, 3.63) is 29.8 Å². The Morgan fingerprint density at radius 1 is 1.10 bits per heavy atom. The zero-order valence-electron chi connectivity index (χ0n) is 12.7. The number of rotatable bonds is 6. The van der Waals surface area contributed by atoms with Crippen molar-refractivity contribution in [3.8, 4) is 17.2 Å². The van der Waals surface area contributed by atoms with Gasteiger partial charge in [0.25, 0.3) is 0 Å². The first-order chi connectivity index (χ1) is 10.1. The Bertz CT molecular complexity index is 612. The molecule has 0 radical (unpaired) electrons. The Labute approximate surface area is 123 Å². The summed E-state index contributed by atoms with van der Waals surface area (Å²) < 4.78 is 17.7. The van der Waals surface area contributed by atoms with Gasteiger partial charge in [0.2, 0.25) is 0 Å². The van der Waals surface area contributed by atoms with Crippen molar-refractivity contribution in [2.45, 2.75) is 12.5 Å². The largest absolute Gasteiger partial charge is 0.496 e. The van der Waals surface area contributed by atoms with Crippen molar-refractivity contribution < 1.29 is 14.2 Å². The van der Waals surface area contributed by atoms with E-state index in [2.05, 4.69) is 10.1 Å². The molecule has 2 aromatic rings. The quantitative estimate of drug-likeness (QED) is 0.857. The lowest BCUT2D eigenvalue weighted by atomic mass is 10.0. The van der Waals surface area contributed by atoms with Crippen LogP contribution < -0.4 is 19.9 Å². The summed E-state index contributed by atoms with van der Waals surface area (Å²) in [5.74, 6) is 2.67. The molecule has 0 aliphatic heterocycles. The zero-order valence-corrected chi connectivity index (χ0v) is 12.7. The fourth-order valence-corrected chi connectivity index (χ4v) is 2.15. The first kappa shape index (κ1) is 15.1. The van der Waals surface area contributed by atoms with E-state index >= 15 is 0 Å². The maximum atomic E-state index is 6.29. The van der Waals surface area contributed by atoms with Crippen molar-refractivity contribution in [2.75, 3.05) is 21.3 Å². The number of benzene rings is 1. The van der Waals surface area contributed by atoms with E-state index in [1.807, 2.05) is 13.1 Å². The third-order valence-electron chi connectivity index (χ3n) is 3.34. The molecule has 0 saturated carbocycles. The van der Waals surface area contributed by atoms with Crippen LogP contribution in [0, 0.1) is 0 Å². The third kappa shape index (κ3) is 3.08. The third-order valence-corrected chi connectivity index (χ3v) is 3.34. The minimum Gasteiger partial charge on any atom is -0.496 e. The lowest BCUT2D eigenvalue weighted by Crippen LogP contribution is -2.17. The van der Waals surface area contributed by atoms with Gasteiger partial charge in [0, 0.05) is 31.1 Å². The van der Waals surface area contributed by atoms with Crippen molar-refractivity contribution in [1.29, 1.82) is 0 Å². The molecule has 0 bridgehead atoms. The number of nitrogens with two attached hydrogens (primary N) is 1. The highest BCUT2D eigenvalue weighted by atomic mass is 16.5. The van der Waals surface area contributed by atoms with Crippen LogP contribution in [0.3, 0.4) is 0 Å². The molecule has 0 amide bonds. The fraction of sp³-hybridized carbons (Fsp3) is 0.429. The van der Waals surface area contributed by atoms with Gasteiger partial charge in [0.1, 0.15) is 17.9 Å². The average Bonchev–Trinajstić information content (AvgIpc) is 2.90. The van der Waals surface area contributed by atoms with Gasteiger partial charge in [-0.3, -0.25) is 4.68 Å². The number of nitrogens with zero attached hydrogens (tertiary/aromatic N) is 3. The lowest BCUT2D eigenvalue weighted by molar-refractivity contribution is 0.346. The molecule has 0 aliphatic carbocycles. The molecule has 0 saturated heterocycles. The predicted molar refractivity (Wildman–Crippen MR) is 77.7 cm³/mol. The molecule has 1 aromatic carbocycles. The van der Waals surface area contributed by atoms with Crippen LogP contribution in [0.1, 0.15) is 17.4 Å². The summed E-state index contributed by atoms with van der Waals surface area (Å²) in [5.41, 5.74) is 7.12. The van der Waals surface area contributed by atoms with E-state index in [1.54, 1.807) is 32.1 Å². The molecule has 1 atom stereocenters. The molecular weight excluding hydrogens is 272 g/mol. The van der Waals surface area contributed by atoms with Gasteiger partial charge in [-0.25, -0.2) is 4.98 Å². The Hall–Kier alpha value is -2.28. The molecule has 0 aliphatic rings. The van der Waals surface area contributed by atoms with Gasteiger partial charge in [0.15, 0.2) is 11.5 Å². The normalized spacial score (nSPS) is 12.0. The highest BCUT2D eigenvalue weighted by molar-refractivity contribution is 5.51.